The van der Waals surface area contributed by atoms with Crippen molar-refractivity contribution in [1.82, 2.24) is 4.90 Å². The molecule has 0 bridgehead atoms. The maximum absolute atomic E-state index is 9.59. The lowest BCUT2D eigenvalue weighted by Crippen LogP contribution is -2.49. The molecule has 0 aromatic heterocycles. The maximum atomic E-state index is 9.59. The Morgan fingerprint density at radius 2 is 2.11 bits per heavy atom. The van der Waals surface area contributed by atoms with Crippen LogP contribution in [0.3, 0.4) is 0 Å². The molecular weight excluding hydrogens is 224 g/mol. The number of aromatic hydroxyl groups is 1. The molecule has 3 N–H and O–H groups in total. The van der Waals surface area contributed by atoms with Crippen LogP contribution in [0.25, 0.3) is 0 Å². The Bertz CT molecular complexity index is 392. The van der Waals surface area contributed by atoms with Crippen molar-refractivity contribution in [2.24, 2.45) is 5.73 Å². The number of hydrogen-bond acceptors (Lipinski definition) is 3. The van der Waals surface area contributed by atoms with E-state index in [0.29, 0.717) is 17.8 Å². The molecule has 1 aromatic carbocycles. The van der Waals surface area contributed by atoms with Crippen LogP contribution in [-0.2, 0) is 0 Å². The number of hydrogen-bond donors (Lipinski definition) is 2. The number of nitrogens with two attached hydrogens (primary N) is 1. The van der Waals surface area contributed by atoms with Gasteiger partial charge in [-0.05, 0) is 50.9 Å². The van der Waals surface area contributed by atoms with Gasteiger partial charge in [-0.25, -0.2) is 0 Å². The smallest absolute Gasteiger partial charge is 0.115 e. The molecule has 1 fully saturated rings. The molecule has 3 heteroatoms. The van der Waals surface area contributed by atoms with Crippen molar-refractivity contribution < 1.29 is 5.11 Å². The highest BCUT2D eigenvalue weighted by Crippen LogP contribution is 2.30. The monoisotopic (exact) mass is 248 g/mol. The van der Waals surface area contributed by atoms with E-state index < -0.39 is 0 Å². The number of nitrogens with zero attached hydrogens (tertiary/aromatic N) is 1. The molecule has 0 saturated carbocycles. The minimum atomic E-state index is 0.199. The number of piperidine rings is 1. The van der Waals surface area contributed by atoms with Crippen LogP contribution in [0.1, 0.15) is 44.7 Å². The zero-order valence-electron chi connectivity index (χ0n) is 11.3. The van der Waals surface area contributed by atoms with E-state index in [2.05, 4.69) is 24.8 Å². The highest BCUT2D eigenvalue weighted by molar-refractivity contribution is 5.29. The van der Waals surface area contributed by atoms with Crippen LogP contribution in [0.5, 0.6) is 5.75 Å². The minimum absolute atomic E-state index is 0.199. The van der Waals surface area contributed by atoms with Gasteiger partial charge in [-0.2, -0.15) is 0 Å². The van der Waals surface area contributed by atoms with Crippen molar-refractivity contribution in [3.8, 4) is 5.75 Å². The van der Waals surface area contributed by atoms with Crippen LogP contribution in [0.15, 0.2) is 24.3 Å². The fraction of sp³-hybridized carbons (Fsp3) is 0.600. The first-order valence-corrected chi connectivity index (χ1v) is 6.90. The van der Waals surface area contributed by atoms with Gasteiger partial charge in [-0.1, -0.05) is 18.6 Å². The summed E-state index contributed by atoms with van der Waals surface area (Å²) >= 11 is 0. The van der Waals surface area contributed by atoms with Crippen LogP contribution < -0.4 is 5.73 Å². The number of phenols is 1. The molecule has 1 aromatic rings. The molecular formula is C15H24N2O. The average Bonchev–Trinajstić information content (AvgIpc) is 2.38. The summed E-state index contributed by atoms with van der Waals surface area (Å²) in [7, 11) is 0. The average molecular weight is 248 g/mol. The van der Waals surface area contributed by atoms with E-state index >= 15 is 0 Å². The zero-order chi connectivity index (χ0) is 13.1. The van der Waals surface area contributed by atoms with Gasteiger partial charge in [0.25, 0.3) is 0 Å². The second-order valence-corrected chi connectivity index (χ2v) is 5.43. The summed E-state index contributed by atoms with van der Waals surface area (Å²) in [5.74, 6) is 0.341. The van der Waals surface area contributed by atoms with Gasteiger partial charge in [0.05, 0.1) is 0 Å². The van der Waals surface area contributed by atoms with Crippen molar-refractivity contribution in [2.75, 3.05) is 6.54 Å². The molecule has 1 aliphatic rings. The molecule has 0 radical (unpaired) electrons. The van der Waals surface area contributed by atoms with E-state index in [1.165, 1.54) is 24.8 Å². The highest BCUT2D eigenvalue weighted by Gasteiger charge is 2.29. The van der Waals surface area contributed by atoms with Gasteiger partial charge in [0.1, 0.15) is 5.75 Å². The van der Waals surface area contributed by atoms with E-state index in [4.69, 9.17) is 5.73 Å². The number of phenolic OH excluding ortho intramolecular Hbond substituents is 1. The Morgan fingerprint density at radius 3 is 2.78 bits per heavy atom. The fourth-order valence-corrected chi connectivity index (χ4v) is 3.00. The normalized spacial score (nSPS) is 24.7. The topological polar surface area (TPSA) is 49.5 Å². The summed E-state index contributed by atoms with van der Waals surface area (Å²) in [4.78, 5) is 2.49. The van der Waals surface area contributed by atoms with Gasteiger partial charge < -0.3 is 10.8 Å². The molecule has 0 amide bonds. The standard InChI is InChI=1S/C15H24N2O/c1-11(16)15-8-3-4-9-17(15)12(2)13-6-5-7-14(18)10-13/h5-7,10-12,15,18H,3-4,8-9,16H2,1-2H3. The van der Waals surface area contributed by atoms with E-state index in [9.17, 15) is 5.11 Å². The summed E-state index contributed by atoms with van der Waals surface area (Å²) in [6.07, 6.45) is 3.70. The van der Waals surface area contributed by atoms with E-state index in [-0.39, 0.29) is 6.04 Å². The van der Waals surface area contributed by atoms with Crippen LogP contribution in [-0.4, -0.2) is 28.6 Å². The molecule has 1 aliphatic heterocycles. The zero-order valence-corrected chi connectivity index (χ0v) is 11.3. The van der Waals surface area contributed by atoms with E-state index in [0.717, 1.165) is 6.54 Å². The molecule has 0 spiro atoms. The summed E-state index contributed by atoms with van der Waals surface area (Å²) in [5, 5.41) is 9.59. The van der Waals surface area contributed by atoms with Crippen LogP contribution in [0, 0.1) is 0 Å². The van der Waals surface area contributed by atoms with Gasteiger partial charge in [0.15, 0.2) is 0 Å². The molecule has 100 valence electrons. The van der Waals surface area contributed by atoms with Gasteiger partial charge in [0, 0.05) is 18.1 Å². The molecule has 1 saturated heterocycles. The molecule has 2 rings (SSSR count). The van der Waals surface area contributed by atoms with Crippen molar-refractivity contribution in [3.05, 3.63) is 29.8 Å². The fourth-order valence-electron chi connectivity index (χ4n) is 3.00. The Labute approximate surface area is 110 Å². The maximum Gasteiger partial charge on any atom is 0.115 e. The second kappa shape index (κ2) is 5.72. The van der Waals surface area contributed by atoms with E-state index in [1.54, 1.807) is 6.07 Å². The number of likely N-dealkylation sites (tertiary alicyclic amines) is 1. The van der Waals surface area contributed by atoms with Crippen molar-refractivity contribution >= 4 is 0 Å². The van der Waals surface area contributed by atoms with Crippen LogP contribution in [0.2, 0.25) is 0 Å². The third-order valence-electron chi connectivity index (χ3n) is 4.05. The summed E-state index contributed by atoms with van der Waals surface area (Å²) < 4.78 is 0. The van der Waals surface area contributed by atoms with E-state index in [1.807, 2.05) is 12.1 Å². The number of benzene rings is 1. The molecule has 18 heavy (non-hydrogen) atoms. The summed E-state index contributed by atoms with van der Waals surface area (Å²) in [5.41, 5.74) is 7.28. The Morgan fingerprint density at radius 1 is 1.33 bits per heavy atom. The first-order valence-electron chi connectivity index (χ1n) is 6.90. The SMILES string of the molecule is CC(N)C1CCCCN1C(C)c1cccc(O)c1. The van der Waals surface area contributed by atoms with Gasteiger partial charge in [0.2, 0.25) is 0 Å². The first-order chi connectivity index (χ1) is 8.59. The lowest BCUT2D eigenvalue weighted by molar-refractivity contribution is 0.0889. The second-order valence-electron chi connectivity index (χ2n) is 5.43. The largest absolute Gasteiger partial charge is 0.508 e. The molecule has 3 unspecified atom stereocenters. The highest BCUT2D eigenvalue weighted by atomic mass is 16.3. The third kappa shape index (κ3) is 2.85. The lowest BCUT2D eigenvalue weighted by atomic mass is 9.93. The van der Waals surface area contributed by atoms with Crippen LogP contribution in [0.4, 0.5) is 0 Å². The number of rotatable bonds is 3. The molecule has 1 heterocycles. The van der Waals surface area contributed by atoms with Crippen molar-refractivity contribution in [2.45, 2.75) is 51.2 Å². The predicted octanol–water partition coefficient (Wildman–Crippen LogP) is 2.65. The van der Waals surface area contributed by atoms with Gasteiger partial charge in [-0.15, -0.1) is 0 Å². The summed E-state index contributed by atoms with van der Waals surface area (Å²) in [6.45, 7) is 5.40. The Kier molecular flexibility index (Phi) is 4.25. The van der Waals surface area contributed by atoms with Crippen molar-refractivity contribution in [1.29, 1.82) is 0 Å². The Balaban J connectivity index is 2.18. The quantitative estimate of drug-likeness (QED) is 0.864. The van der Waals surface area contributed by atoms with Gasteiger partial charge in [-0.3, -0.25) is 4.90 Å². The summed E-state index contributed by atoms with van der Waals surface area (Å²) in [6, 6.07) is 8.53. The predicted molar refractivity (Wildman–Crippen MR) is 74.5 cm³/mol. The minimum Gasteiger partial charge on any atom is -0.508 e. The lowest BCUT2D eigenvalue weighted by Gasteiger charge is -2.42. The third-order valence-corrected chi connectivity index (χ3v) is 4.05. The molecule has 0 aliphatic carbocycles. The molecule has 3 nitrogen and oxygen atoms in total. The molecule has 3 atom stereocenters. The van der Waals surface area contributed by atoms with Gasteiger partial charge >= 0.3 is 0 Å². The Hall–Kier alpha value is -1.06. The first kappa shape index (κ1) is 13.4. The van der Waals surface area contributed by atoms with Crippen molar-refractivity contribution in [3.63, 3.8) is 0 Å². The van der Waals surface area contributed by atoms with Crippen LogP contribution >= 0.6 is 0 Å².